The highest BCUT2D eigenvalue weighted by Gasteiger charge is 2.11. The van der Waals surface area contributed by atoms with Crippen molar-refractivity contribution in [2.45, 2.75) is 13.1 Å². The Hall–Kier alpha value is -3.42. The molecule has 0 atom stereocenters. The van der Waals surface area contributed by atoms with Gasteiger partial charge in [-0.2, -0.15) is 0 Å². The molecular weight excluding hydrogens is 372 g/mol. The van der Waals surface area contributed by atoms with Crippen LogP contribution in [0.15, 0.2) is 47.5 Å². The first-order chi connectivity index (χ1) is 14.0. The SMILES string of the molecule is CN=C(NCc1cccc(OCC(N)=O)c1)N(C)Cc1ccc(OC)cc1OC. The number of ether oxygens (including phenoxy) is 3. The molecule has 0 bridgehead atoms. The van der Waals surface area contributed by atoms with Crippen LogP contribution in [0.2, 0.25) is 0 Å². The van der Waals surface area contributed by atoms with E-state index < -0.39 is 5.91 Å². The highest BCUT2D eigenvalue weighted by molar-refractivity contribution is 5.79. The zero-order valence-electron chi connectivity index (χ0n) is 17.3. The summed E-state index contributed by atoms with van der Waals surface area (Å²) in [5.74, 6) is 2.31. The number of carbonyl (C=O) groups excluding carboxylic acids is 1. The molecular formula is C21H28N4O4. The van der Waals surface area contributed by atoms with Crippen LogP contribution in [-0.2, 0) is 17.9 Å². The van der Waals surface area contributed by atoms with Gasteiger partial charge in [0.1, 0.15) is 17.2 Å². The second-order valence-electron chi connectivity index (χ2n) is 6.34. The quantitative estimate of drug-likeness (QED) is 0.492. The maximum absolute atomic E-state index is 10.9. The molecule has 0 aliphatic heterocycles. The largest absolute Gasteiger partial charge is 0.497 e. The maximum Gasteiger partial charge on any atom is 0.255 e. The number of hydrogen-bond acceptors (Lipinski definition) is 5. The van der Waals surface area contributed by atoms with Crippen molar-refractivity contribution < 1.29 is 19.0 Å². The van der Waals surface area contributed by atoms with E-state index in [-0.39, 0.29) is 6.61 Å². The normalized spacial score (nSPS) is 11.0. The number of amides is 1. The smallest absolute Gasteiger partial charge is 0.255 e. The predicted molar refractivity (Wildman–Crippen MR) is 112 cm³/mol. The molecule has 0 saturated carbocycles. The van der Waals surface area contributed by atoms with Gasteiger partial charge in [0.05, 0.1) is 14.2 Å². The lowest BCUT2D eigenvalue weighted by molar-refractivity contribution is -0.119. The summed E-state index contributed by atoms with van der Waals surface area (Å²) in [6, 6.07) is 13.2. The number of methoxy groups -OCH3 is 2. The fourth-order valence-electron chi connectivity index (χ4n) is 2.78. The van der Waals surface area contributed by atoms with Crippen molar-refractivity contribution in [2.75, 3.05) is 34.9 Å². The van der Waals surface area contributed by atoms with Crippen molar-refractivity contribution in [3.8, 4) is 17.2 Å². The maximum atomic E-state index is 10.9. The number of nitrogens with two attached hydrogens (primary N) is 1. The molecule has 0 aliphatic rings. The zero-order valence-corrected chi connectivity index (χ0v) is 17.3. The third-order valence-corrected chi connectivity index (χ3v) is 4.21. The van der Waals surface area contributed by atoms with Crippen LogP contribution in [-0.4, -0.2) is 51.7 Å². The van der Waals surface area contributed by atoms with Crippen LogP contribution in [0, 0.1) is 0 Å². The first-order valence-corrected chi connectivity index (χ1v) is 9.09. The van der Waals surface area contributed by atoms with Gasteiger partial charge < -0.3 is 30.2 Å². The van der Waals surface area contributed by atoms with Crippen LogP contribution in [0.1, 0.15) is 11.1 Å². The van der Waals surface area contributed by atoms with Crippen LogP contribution in [0.25, 0.3) is 0 Å². The van der Waals surface area contributed by atoms with Gasteiger partial charge in [-0.05, 0) is 29.8 Å². The number of rotatable bonds is 9. The minimum atomic E-state index is -0.510. The molecule has 3 N–H and O–H groups in total. The number of nitrogens with zero attached hydrogens (tertiary/aromatic N) is 2. The van der Waals surface area contributed by atoms with E-state index in [0.717, 1.165) is 28.6 Å². The molecule has 0 heterocycles. The Morgan fingerprint density at radius 1 is 1.14 bits per heavy atom. The number of benzene rings is 2. The molecule has 0 aliphatic carbocycles. The Bertz CT molecular complexity index is 854. The monoisotopic (exact) mass is 400 g/mol. The lowest BCUT2D eigenvalue weighted by atomic mass is 10.2. The Morgan fingerprint density at radius 3 is 2.59 bits per heavy atom. The second-order valence-corrected chi connectivity index (χ2v) is 6.34. The van der Waals surface area contributed by atoms with Gasteiger partial charge in [-0.25, -0.2) is 0 Å². The predicted octanol–water partition coefficient (Wildman–Crippen LogP) is 1.78. The standard InChI is InChI=1S/C21H28N4O4/c1-23-21(24-12-15-6-5-7-18(10-15)29-14-20(22)26)25(2)13-16-8-9-17(27-3)11-19(16)28-4/h5-11H,12-14H2,1-4H3,(H2,22,26)(H,23,24). The van der Waals surface area contributed by atoms with Gasteiger partial charge in [0.2, 0.25) is 0 Å². The topological polar surface area (TPSA) is 98.4 Å². The van der Waals surface area contributed by atoms with Crippen molar-refractivity contribution in [1.82, 2.24) is 10.2 Å². The first kappa shape index (κ1) is 21.9. The second kappa shape index (κ2) is 10.8. The summed E-state index contributed by atoms with van der Waals surface area (Å²) in [4.78, 5) is 17.2. The Kier molecular flexibility index (Phi) is 8.14. The number of guanidine groups is 1. The lowest BCUT2D eigenvalue weighted by Gasteiger charge is -2.23. The Morgan fingerprint density at radius 2 is 1.93 bits per heavy atom. The van der Waals surface area contributed by atoms with Crippen molar-refractivity contribution >= 4 is 11.9 Å². The Labute approximate surface area is 171 Å². The fourth-order valence-corrected chi connectivity index (χ4v) is 2.78. The van der Waals surface area contributed by atoms with E-state index in [1.54, 1.807) is 27.3 Å². The summed E-state index contributed by atoms with van der Waals surface area (Å²) in [5, 5.41) is 3.32. The van der Waals surface area contributed by atoms with Gasteiger partial charge in [-0.1, -0.05) is 12.1 Å². The van der Waals surface area contributed by atoms with Crippen molar-refractivity contribution in [2.24, 2.45) is 10.7 Å². The molecule has 156 valence electrons. The summed E-state index contributed by atoms with van der Waals surface area (Å²) in [5.41, 5.74) is 7.12. The molecule has 0 saturated heterocycles. The van der Waals surface area contributed by atoms with E-state index in [9.17, 15) is 4.79 Å². The van der Waals surface area contributed by atoms with Crippen molar-refractivity contribution in [3.05, 3.63) is 53.6 Å². The van der Waals surface area contributed by atoms with E-state index >= 15 is 0 Å². The molecule has 0 aromatic heterocycles. The molecule has 29 heavy (non-hydrogen) atoms. The molecule has 0 unspecified atom stereocenters. The molecule has 2 rings (SSSR count). The van der Waals surface area contributed by atoms with E-state index in [2.05, 4.69) is 10.3 Å². The molecule has 1 amide bonds. The lowest BCUT2D eigenvalue weighted by Crippen LogP contribution is -2.38. The summed E-state index contributed by atoms with van der Waals surface area (Å²) in [6.45, 7) is 1.00. The van der Waals surface area contributed by atoms with Crippen molar-refractivity contribution in [3.63, 3.8) is 0 Å². The highest BCUT2D eigenvalue weighted by Crippen LogP contribution is 2.25. The minimum Gasteiger partial charge on any atom is -0.497 e. The van der Waals surface area contributed by atoms with Gasteiger partial charge in [0.25, 0.3) is 5.91 Å². The van der Waals surface area contributed by atoms with Crippen LogP contribution < -0.4 is 25.3 Å². The highest BCUT2D eigenvalue weighted by atomic mass is 16.5. The third kappa shape index (κ3) is 6.60. The van der Waals surface area contributed by atoms with E-state index in [1.165, 1.54) is 0 Å². The minimum absolute atomic E-state index is 0.148. The Balaban J connectivity index is 2.00. The average Bonchev–Trinajstić information content (AvgIpc) is 2.73. The number of nitrogens with one attached hydrogen (secondary N) is 1. The number of primary amides is 1. The fraction of sp³-hybridized carbons (Fsp3) is 0.333. The molecule has 2 aromatic rings. The summed E-state index contributed by atoms with van der Waals surface area (Å²) in [7, 11) is 6.95. The molecule has 2 aromatic carbocycles. The van der Waals surface area contributed by atoms with Gasteiger partial charge in [-0.15, -0.1) is 0 Å². The van der Waals surface area contributed by atoms with Gasteiger partial charge >= 0.3 is 0 Å². The zero-order chi connectivity index (χ0) is 21.2. The van der Waals surface area contributed by atoms with Crippen molar-refractivity contribution in [1.29, 1.82) is 0 Å². The molecule has 8 heteroatoms. The van der Waals surface area contributed by atoms with Gasteiger partial charge in [0, 0.05) is 38.8 Å². The van der Waals surface area contributed by atoms with E-state index in [1.807, 2.05) is 48.3 Å². The summed E-state index contributed by atoms with van der Waals surface area (Å²) >= 11 is 0. The summed E-state index contributed by atoms with van der Waals surface area (Å²) in [6.07, 6.45) is 0. The van der Waals surface area contributed by atoms with E-state index in [4.69, 9.17) is 19.9 Å². The number of aliphatic imine (C=N–C) groups is 1. The van der Waals surface area contributed by atoms with Gasteiger partial charge in [-0.3, -0.25) is 9.79 Å². The average molecular weight is 400 g/mol. The first-order valence-electron chi connectivity index (χ1n) is 9.09. The van der Waals surface area contributed by atoms with Crippen LogP contribution in [0.4, 0.5) is 0 Å². The van der Waals surface area contributed by atoms with Crippen LogP contribution in [0.5, 0.6) is 17.2 Å². The van der Waals surface area contributed by atoms with Crippen LogP contribution in [0.3, 0.4) is 0 Å². The molecule has 0 spiro atoms. The number of hydrogen-bond donors (Lipinski definition) is 2. The third-order valence-electron chi connectivity index (χ3n) is 4.21. The van der Waals surface area contributed by atoms with E-state index in [0.29, 0.717) is 18.8 Å². The van der Waals surface area contributed by atoms with Crippen LogP contribution >= 0.6 is 0 Å². The number of carbonyl (C=O) groups is 1. The van der Waals surface area contributed by atoms with Gasteiger partial charge in [0.15, 0.2) is 12.6 Å². The molecule has 8 nitrogen and oxygen atoms in total. The molecule has 0 fully saturated rings. The summed E-state index contributed by atoms with van der Waals surface area (Å²) < 4.78 is 16.1. The molecule has 0 radical (unpaired) electrons.